The molecule has 0 fully saturated rings. The molecule has 0 spiro atoms. The number of aromatic nitrogens is 2. The molecular weight excluding hydrogens is 334 g/mol. The fourth-order valence-electron chi connectivity index (χ4n) is 1.34. The van der Waals surface area contributed by atoms with Crippen LogP contribution >= 0.6 is 39.1 Å². The van der Waals surface area contributed by atoms with Gasteiger partial charge in [0.15, 0.2) is 5.82 Å². The lowest BCUT2D eigenvalue weighted by atomic mass is 10.2. The van der Waals surface area contributed by atoms with Gasteiger partial charge in [-0.15, -0.1) is 0 Å². The highest BCUT2D eigenvalue weighted by atomic mass is 79.9. The van der Waals surface area contributed by atoms with E-state index in [0.717, 1.165) is 27.5 Å². The van der Waals surface area contributed by atoms with Crippen LogP contribution in [0.1, 0.15) is 13.8 Å². The van der Waals surface area contributed by atoms with Crippen molar-refractivity contribution in [3.8, 4) is 11.4 Å². The molecule has 0 unspecified atom stereocenters. The van der Waals surface area contributed by atoms with Crippen LogP contribution in [0.5, 0.6) is 0 Å². The van der Waals surface area contributed by atoms with Crippen molar-refractivity contribution < 1.29 is 0 Å². The summed E-state index contributed by atoms with van der Waals surface area (Å²) in [6.45, 7) is 5.22. The second kappa shape index (κ2) is 5.99. The fourth-order valence-corrected chi connectivity index (χ4v) is 2.43. The van der Waals surface area contributed by atoms with E-state index in [0.29, 0.717) is 10.9 Å². The van der Waals surface area contributed by atoms with Crippen LogP contribution in [0.2, 0.25) is 5.02 Å². The Bertz CT molecular complexity index is 542. The molecule has 3 nitrogen and oxygen atoms in total. The minimum Gasteiger partial charge on any atom is -0.360 e. The lowest BCUT2D eigenvalue weighted by Crippen LogP contribution is -2.07. The monoisotopic (exact) mass is 345 g/mol. The number of hydrogen-bond donors (Lipinski definition) is 1. The molecule has 0 bridgehead atoms. The maximum absolute atomic E-state index is 5.96. The summed E-state index contributed by atoms with van der Waals surface area (Å²) in [7, 11) is 0. The third-order valence-corrected chi connectivity index (χ3v) is 4.15. The number of nitrogens with one attached hydrogen (secondary N) is 1. The molecule has 1 N–H and O–H groups in total. The summed E-state index contributed by atoms with van der Waals surface area (Å²) in [5, 5.41) is 4.81. The highest BCUT2D eigenvalue weighted by Gasteiger charge is 2.08. The topological polar surface area (TPSA) is 37.8 Å². The molecule has 0 aliphatic carbocycles. The largest absolute Gasteiger partial charge is 0.360 e. The third kappa shape index (κ3) is 3.43. The molecule has 1 heterocycles. The Balaban J connectivity index is 2.16. The van der Waals surface area contributed by atoms with Crippen molar-refractivity contribution in [2.75, 3.05) is 11.9 Å². The Kier molecular flexibility index (Phi) is 4.59. The standard InChI is InChI=1S/C12H13BrClN3S/c1-7(2)6-15-12-16-11(17-18-12)8-3-4-10(14)9(13)5-8/h3-5,7H,6H2,1-2H3,(H,15,16,17). The van der Waals surface area contributed by atoms with Crippen molar-refractivity contribution in [1.82, 2.24) is 9.36 Å². The maximum Gasteiger partial charge on any atom is 0.202 e. The molecule has 6 heteroatoms. The highest BCUT2D eigenvalue weighted by Crippen LogP contribution is 2.28. The summed E-state index contributed by atoms with van der Waals surface area (Å²) in [6, 6.07) is 5.68. The highest BCUT2D eigenvalue weighted by molar-refractivity contribution is 9.10. The Labute approximate surface area is 124 Å². The zero-order valence-electron chi connectivity index (χ0n) is 10.1. The molecule has 0 saturated heterocycles. The van der Waals surface area contributed by atoms with E-state index in [1.807, 2.05) is 18.2 Å². The van der Waals surface area contributed by atoms with Crippen LogP contribution in [-0.2, 0) is 0 Å². The van der Waals surface area contributed by atoms with Gasteiger partial charge < -0.3 is 5.32 Å². The van der Waals surface area contributed by atoms with Gasteiger partial charge in [-0.05, 0) is 40.0 Å². The molecule has 0 amide bonds. The summed E-state index contributed by atoms with van der Waals surface area (Å²) < 4.78 is 5.19. The normalized spacial score (nSPS) is 10.9. The van der Waals surface area contributed by atoms with E-state index in [1.165, 1.54) is 11.5 Å². The molecule has 0 atom stereocenters. The summed E-state index contributed by atoms with van der Waals surface area (Å²) in [5.74, 6) is 1.31. The van der Waals surface area contributed by atoms with Crippen molar-refractivity contribution in [2.24, 2.45) is 5.92 Å². The Morgan fingerprint density at radius 2 is 2.22 bits per heavy atom. The molecule has 2 rings (SSSR count). The SMILES string of the molecule is CC(C)CNc1nc(-c2ccc(Cl)c(Br)c2)ns1. The third-order valence-electron chi connectivity index (χ3n) is 2.27. The molecule has 0 aliphatic heterocycles. The minimum absolute atomic E-state index is 0.585. The van der Waals surface area contributed by atoms with E-state index < -0.39 is 0 Å². The zero-order valence-corrected chi connectivity index (χ0v) is 13.2. The number of benzene rings is 1. The minimum atomic E-state index is 0.585. The summed E-state index contributed by atoms with van der Waals surface area (Å²) in [4.78, 5) is 4.46. The fraction of sp³-hybridized carbons (Fsp3) is 0.333. The summed E-state index contributed by atoms with van der Waals surface area (Å²) >= 11 is 10.7. The maximum atomic E-state index is 5.96. The first-order valence-electron chi connectivity index (χ1n) is 5.59. The van der Waals surface area contributed by atoms with Crippen LogP contribution in [0.3, 0.4) is 0 Å². The number of hydrogen-bond acceptors (Lipinski definition) is 4. The molecule has 0 aliphatic rings. The van der Waals surface area contributed by atoms with Crippen LogP contribution in [0.4, 0.5) is 5.13 Å². The van der Waals surface area contributed by atoms with Gasteiger partial charge in [0.2, 0.25) is 5.13 Å². The van der Waals surface area contributed by atoms with E-state index in [2.05, 4.69) is 44.5 Å². The van der Waals surface area contributed by atoms with Gasteiger partial charge in [-0.3, -0.25) is 0 Å². The van der Waals surface area contributed by atoms with Gasteiger partial charge in [0, 0.05) is 28.1 Å². The number of anilines is 1. The van der Waals surface area contributed by atoms with Crippen LogP contribution in [0, 0.1) is 5.92 Å². The Morgan fingerprint density at radius 1 is 1.44 bits per heavy atom. The van der Waals surface area contributed by atoms with Gasteiger partial charge in [-0.2, -0.15) is 9.36 Å². The number of nitrogens with zero attached hydrogens (tertiary/aromatic N) is 2. The summed E-state index contributed by atoms with van der Waals surface area (Å²) in [6.07, 6.45) is 0. The van der Waals surface area contributed by atoms with Crippen LogP contribution in [-0.4, -0.2) is 15.9 Å². The van der Waals surface area contributed by atoms with Crippen LogP contribution in [0.15, 0.2) is 22.7 Å². The van der Waals surface area contributed by atoms with Crippen LogP contribution in [0.25, 0.3) is 11.4 Å². The van der Waals surface area contributed by atoms with E-state index in [1.54, 1.807) is 0 Å². The summed E-state index contributed by atoms with van der Waals surface area (Å²) in [5.41, 5.74) is 0.958. The quantitative estimate of drug-likeness (QED) is 0.872. The van der Waals surface area contributed by atoms with Crippen molar-refractivity contribution in [3.63, 3.8) is 0 Å². The first-order chi connectivity index (χ1) is 8.56. The van der Waals surface area contributed by atoms with Gasteiger partial charge in [0.05, 0.1) is 5.02 Å². The van der Waals surface area contributed by atoms with Crippen molar-refractivity contribution in [1.29, 1.82) is 0 Å². The zero-order chi connectivity index (χ0) is 13.1. The van der Waals surface area contributed by atoms with Crippen molar-refractivity contribution >= 4 is 44.2 Å². The van der Waals surface area contributed by atoms with Gasteiger partial charge in [-0.25, -0.2) is 0 Å². The average Bonchev–Trinajstić information content (AvgIpc) is 2.79. The van der Waals surface area contributed by atoms with E-state index in [9.17, 15) is 0 Å². The number of halogens is 2. The van der Waals surface area contributed by atoms with Crippen molar-refractivity contribution in [3.05, 3.63) is 27.7 Å². The van der Waals surface area contributed by atoms with Gasteiger partial charge in [-0.1, -0.05) is 25.4 Å². The predicted molar refractivity (Wildman–Crippen MR) is 81.4 cm³/mol. The smallest absolute Gasteiger partial charge is 0.202 e. The molecular formula is C12H13BrClN3S. The van der Waals surface area contributed by atoms with E-state index in [-0.39, 0.29) is 0 Å². The number of rotatable bonds is 4. The molecule has 0 saturated carbocycles. The second-order valence-corrected chi connectivity index (χ2v) is 6.34. The lowest BCUT2D eigenvalue weighted by molar-refractivity contribution is 0.688. The lowest BCUT2D eigenvalue weighted by Gasteiger charge is -2.03. The van der Waals surface area contributed by atoms with E-state index in [4.69, 9.17) is 11.6 Å². The van der Waals surface area contributed by atoms with E-state index >= 15 is 0 Å². The average molecular weight is 347 g/mol. The first-order valence-corrected chi connectivity index (χ1v) is 7.53. The molecule has 1 aromatic heterocycles. The van der Waals surface area contributed by atoms with Gasteiger partial charge >= 0.3 is 0 Å². The predicted octanol–water partition coefficient (Wildman–Crippen LogP) is 4.69. The Hall–Kier alpha value is -0.650. The van der Waals surface area contributed by atoms with Crippen LogP contribution < -0.4 is 5.32 Å². The second-order valence-electron chi connectivity index (χ2n) is 4.33. The van der Waals surface area contributed by atoms with Gasteiger partial charge in [0.1, 0.15) is 0 Å². The molecule has 2 aromatic rings. The molecule has 96 valence electrons. The van der Waals surface area contributed by atoms with Gasteiger partial charge in [0.25, 0.3) is 0 Å². The molecule has 18 heavy (non-hydrogen) atoms. The Morgan fingerprint density at radius 3 is 2.89 bits per heavy atom. The first kappa shape index (κ1) is 13.8. The molecule has 1 aromatic carbocycles. The van der Waals surface area contributed by atoms with Crippen molar-refractivity contribution in [2.45, 2.75) is 13.8 Å². The molecule has 0 radical (unpaired) electrons.